The normalized spacial score (nSPS) is 22.1. The number of ether oxygens (including phenoxy) is 1. The van der Waals surface area contributed by atoms with Gasteiger partial charge in [0.2, 0.25) is 0 Å². The van der Waals surface area contributed by atoms with Crippen molar-refractivity contribution in [1.29, 1.82) is 0 Å². The summed E-state index contributed by atoms with van der Waals surface area (Å²) in [5.74, 6) is 1.31. The number of fused-ring (bicyclic) bond motifs is 1. The van der Waals surface area contributed by atoms with Crippen molar-refractivity contribution in [2.45, 2.75) is 114 Å². The van der Waals surface area contributed by atoms with Crippen LogP contribution >= 0.6 is 23.2 Å². The highest BCUT2D eigenvalue weighted by atomic mass is 35.5. The molecule has 0 radical (unpaired) electrons. The summed E-state index contributed by atoms with van der Waals surface area (Å²) in [6, 6.07) is 7.11. The number of carbonyl (C=O) groups excluding carboxylic acids is 1. The van der Waals surface area contributed by atoms with Crippen LogP contribution in [0.3, 0.4) is 0 Å². The van der Waals surface area contributed by atoms with E-state index >= 15 is 0 Å². The maximum absolute atomic E-state index is 14.6. The van der Waals surface area contributed by atoms with Crippen LogP contribution in [-0.2, 0) is 11.2 Å². The highest BCUT2D eigenvalue weighted by Crippen LogP contribution is 2.50. The number of aromatic nitrogens is 3. The number of benzene rings is 1. The molecule has 248 valence electrons. The lowest BCUT2D eigenvalue weighted by molar-refractivity contribution is -0.0922. The van der Waals surface area contributed by atoms with Crippen LogP contribution in [0.1, 0.15) is 118 Å². The first-order chi connectivity index (χ1) is 20.7. The van der Waals surface area contributed by atoms with Crippen LogP contribution in [0.5, 0.6) is 0 Å². The van der Waals surface area contributed by atoms with E-state index < -0.39 is 11.7 Å². The summed E-state index contributed by atoms with van der Waals surface area (Å²) in [5.41, 5.74) is 1.17. The minimum atomic E-state index is -0.502. The molecule has 3 unspecified atom stereocenters. The largest absolute Gasteiger partial charge is 0.458 e. The van der Waals surface area contributed by atoms with Crippen molar-refractivity contribution in [3.05, 3.63) is 56.3 Å². The first-order valence-electron chi connectivity index (χ1n) is 16.5. The Hall–Kier alpha value is -2.31. The van der Waals surface area contributed by atoms with Gasteiger partial charge < -0.3 is 4.74 Å². The van der Waals surface area contributed by atoms with Crippen molar-refractivity contribution in [3.63, 3.8) is 0 Å². The third kappa shape index (κ3) is 8.16. The molecule has 1 saturated carbocycles. The molecule has 6 nitrogen and oxygen atoms in total. The molecule has 0 amide bonds. The molecule has 0 spiro atoms. The number of rotatable bonds is 7. The lowest BCUT2D eigenvalue weighted by atomic mass is 9.59. The molecule has 8 heteroatoms. The summed E-state index contributed by atoms with van der Waals surface area (Å²) in [6.07, 6.45) is 4.14. The fraction of sp³-hybridized carbons (Fsp3) is 0.649. The lowest BCUT2D eigenvalue weighted by Crippen LogP contribution is -2.49. The fourth-order valence-electron chi connectivity index (χ4n) is 7.43. The number of carbonyl (C=O) groups is 1. The van der Waals surface area contributed by atoms with Crippen LogP contribution in [0.4, 0.5) is 0 Å². The number of nitrogens with one attached hydrogen (secondary N) is 1. The van der Waals surface area contributed by atoms with E-state index in [1.807, 2.05) is 0 Å². The molecule has 1 fully saturated rings. The summed E-state index contributed by atoms with van der Waals surface area (Å²) in [7, 11) is 0. The monoisotopic (exact) mass is 657 g/mol. The minimum absolute atomic E-state index is 0.0745. The van der Waals surface area contributed by atoms with Gasteiger partial charge in [0.1, 0.15) is 22.6 Å². The number of aryl methyl sites for hydroxylation is 1. The Morgan fingerprint density at radius 2 is 1.56 bits per heavy atom. The van der Waals surface area contributed by atoms with Gasteiger partial charge in [0.15, 0.2) is 5.65 Å². The first-order valence-corrected chi connectivity index (χ1v) is 17.2. The van der Waals surface area contributed by atoms with Gasteiger partial charge in [0.05, 0.1) is 0 Å². The summed E-state index contributed by atoms with van der Waals surface area (Å²) >= 11 is 13.2. The molecule has 2 aromatic heterocycles. The standard InChI is InChI=1S/C37H53Cl2N3O3/c1-21(20-35(3,4)5)12-17-27-40-32-29(28(23-13-15-24(38)16-14-23)31(39)42(32)34(44)41-27)33(43)45-30-25(36(6,7)8)18-22(2)19-26(30)37(9,10)11/h13-16,21-22,25-26,30H,12,17-20H2,1-11H3,(H,40,41,44). The van der Waals surface area contributed by atoms with Crippen molar-refractivity contribution < 1.29 is 9.53 Å². The zero-order valence-corrected chi connectivity index (χ0v) is 30.6. The van der Waals surface area contributed by atoms with Gasteiger partial charge >= 0.3 is 11.7 Å². The van der Waals surface area contributed by atoms with Crippen molar-refractivity contribution in [2.24, 2.45) is 39.9 Å². The predicted molar refractivity (Wildman–Crippen MR) is 186 cm³/mol. The quantitative estimate of drug-likeness (QED) is 0.256. The molecule has 45 heavy (non-hydrogen) atoms. The number of H-pyrrole nitrogens is 1. The van der Waals surface area contributed by atoms with Gasteiger partial charge in [-0.3, -0.25) is 4.98 Å². The molecule has 1 aromatic carbocycles. The lowest BCUT2D eigenvalue weighted by Gasteiger charge is -2.50. The number of nitrogens with zero attached hydrogens (tertiary/aromatic N) is 2. The molecule has 1 aliphatic rings. The third-order valence-electron chi connectivity index (χ3n) is 9.53. The van der Waals surface area contributed by atoms with E-state index in [0.29, 0.717) is 40.2 Å². The molecule has 0 bridgehead atoms. The topological polar surface area (TPSA) is 76.5 Å². The first kappa shape index (κ1) is 35.5. The molecule has 1 aliphatic carbocycles. The summed E-state index contributed by atoms with van der Waals surface area (Å²) in [4.78, 5) is 36.0. The molecule has 2 heterocycles. The summed E-state index contributed by atoms with van der Waals surface area (Å²) in [6.45, 7) is 24.6. The van der Waals surface area contributed by atoms with Gasteiger partial charge in [0.25, 0.3) is 0 Å². The Balaban J connectivity index is 1.86. The fourth-order valence-corrected chi connectivity index (χ4v) is 7.92. The average molecular weight is 659 g/mol. The van der Waals surface area contributed by atoms with Gasteiger partial charge in [-0.15, -0.1) is 0 Å². The number of aromatic amines is 1. The van der Waals surface area contributed by atoms with E-state index in [2.05, 4.69) is 81.1 Å². The van der Waals surface area contributed by atoms with E-state index in [1.165, 1.54) is 4.40 Å². The molecule has 1 N–H and O–H groups in total. The van der Waals surface area contributed by atoms with Gasteiger partial charge in [-0.1, -0.05) is 111 Å². The Labute approximate surface area is 279 Å². The molecular weight excluding hydrogens is 605 g/mol. The predicted octanol–water partition coefficient (Wildman–Crippen LogP) is 10.3. The van der Waals surface area contributed by atoms with Crippen molar-refractivity contribution in [1.82, 2.24) is 14.4 Å². The van der Waals surface area contributed by atoms with Crippen molar-refractivity contribution >= 4 is 34.8 Å². The van der Waals surface area contributed by atoms with E-state index in [0.717, 1.165) is 25.7 Å². The van der Waals surface area contributed by atoms with Gasteiger partial charge in [-0.25, -0.2) is 19.0 Å². The zero-order valence-electron chi connectivity index (χ0n) is 29.1. The number of esters is 1. The zero-order chi connectivity index (χ0) is 33.6. The van der Waals surface area contributed by atoms with Crippen LogP contribution < -0.4 is 5.69 Å². The number of hydrogen-bond acceptors (Lipinski definition) is 4. The van der Waals surface area contributed by atoms with Crippen LogP contribution in [0, 0.1) is 39.9 Å². The second-order valence-corrected chi connectivity index (χ2v) is 17.8. The maximum atomic E-state index is 14.6. The molecule has 0 saturated heterocycles. The Bertz CT molecular complexity index is 1540. The highest BCUT2D eigenvalue weighted by Gasteiger charge is 2.48. The second kappa shape index (κ2) is 13.1. The van der Waals surface area contributed by atoms with Gasteiger partial charge in [-0.05, 0) is 71.5 Å². The molecular formula is C37H53Cl2N3O3. The smallest absolute Gasteiger partial charge is 0.342 e. The van der Waals surface area contributed by atoms with E-state index in [9.17, 15) is 9.59 Å². The average Bonchev–Trinajstić information content (AvgIpc) is 3.19. The Morgan fingerprint density at radius 3 is 2.07 bits per heavy atom. The Morgan fingerprint density at radius 1 is 1.00 bits per heavy atom. The second-order valence-electron chi connectivity index (χ2n) is 17.0. The van der Waals surface area contributed by atoms with Crippen molar-refractivity contribution in [2.75, 3.05) is 0 Å². The molecule has 0 aliphatic heterocycles. The van der Waals surface area contributed by atoms with Crippen LogP contribution in [0.25, 0.3) is 16.8 Å². The Kier molecular flexibility index (Phi) is 10.3. The summed E-state index contributed by atoms with van der Waals surface area (Å²) in [5, 5.41) is 0.681. The number of halogens is 2. The molecule has 4 rings (SSSR count). The van der Waals surface area contributed by atoms with E-state index in [-0.39, 0.29) is 50.5 Å². The van der Waals surface area contributed by atoms with Gasteiger partial charge in [0, 0.05) is 28.8 Å². The highest BCUT2D eigenvalue weighted by molar-refractivity contribution is 6.34. The van der Waals surface area contributed by atoms with Crippen LogP contribution in [0.2, 0.25) is 10.2 Å². The van der Waals surface area contributed by atoms with E-state index in [1.54, 1.807) is 24.3 Å². The van der Waals surface area contributed by atoms with Crippen LogP contribution in [-0.4, -0.2) is 26.4 Å². The number of hydrogen-bond donors (Lipinski definition) is 1. The third-order valence-corrected chi connectivity index (χ3v) is 10.1. The van der Waals surface area contributed by atoms with E-state index in [4.69, 9.17) is 32.9 Å². The maximum Gasteiger partial charge on any atom is 0.342 e. The van der Waals surface area contributed by atoms with Crippen molar-refractivity contribution in [3.8, 4) is 11.1 Å². The molecule has 3 atom stereocenters. The minimum Gasteiger partial charge on any atom is -0.458 e. The SMILES string of the molecule is CC1CC(C(C)(C)C)C(OC(=O)c2c(-c3ccc(Cl)cc3)c(Cl)n3c(=O)[nH]c(CCC(C)CC(C)(C)C)nc23)C(C(C)(C)C)C1. The van der Waals surface area contributed by atoms with Crippen LogP contribution in [0.15, 0.2) is 29.1 Å². The summed E-state index contributed by atoms with van der Waals surface area (Å²) < 4.78 is 7.96. The van der Waals surface area contributed by atoms with Gasteiger partial charge in [-0.2, -0.15) is 0 Å². The molecule has 3 aromatic rings.